The summed E-state index contributed by atoms with van der Waals surface area (Å²) in [5.74, 6) is 0.387. The highest BCUT2D eigenvalue weighted by Crippen LogP contribution is 2.28. The number of thiazole rings is 1. The van der Waals surface area contributed by atoms with E-state index in [1.807, 2.05) is 19.1 Å². The van der Waals surface area contributed by atoms with Crippen LogP contribution < -0.4 is 10.1 Å². The summed E-state index contributed by atoms with van der Waals surface area (Å²) in [6.07, 6.45) is 1.71. The Balaban J connectivity index is 1.89. The number of aromatic nitrogens is 1. The molecule has 1 amide bonds. The number of ether oxygens (including phenoxy) is 1. The van der Waals surface area contributed by atoms with Crippen molar-refractivity contribution in [2.45, 2.75) is 6.92 Å². The molecule has 0 fully saturated rings. The van der Waals surface area contributed by atoms with Gasteiger partial charge in [0, 0.05) is 15.5 Å². The fourth-order valence-electron chi connectivity index (χ4n) is 1.30. The Morgan fingerprint density at radius 1 is 1.47 bits per heavy atom. The van der Waals surface area contributed by atoms with Crippen LogP contribution in [0.2, 0.25) is 0 Å². The number of benzene rings is 1. The maximum Gasteiger partial charge on any atom is 0.264 e. The van der Waals surface area contributed by atoms with E-state index in [9.17, 15) is 4.79 Å². The number of carbonyl (C=O) groups is 1. The smallest absolute Gasteiger partial charge is 0.264 e. The van der Waals surface area contributed by atoms with Crippen molar-refractivity contribution in [2.75, 3.05) is 11.9 Å². The molecule has 0 radical (unpaired) electrons. The Morgan fingerprint density at radius 3 is 2.89 bits per heavy atom. The quantitative estimate of drug-likeness (QED) is 0.836. The first kappa shape index (κ1) is 14.5. The van der Waals surface area contributed by atoms with E-state index in [1.165, 1.54) is 11.3 Å². The van der Waals surface area contributed by atoms with Crippen molar-refractivity contribution in [2.24, 2.45) is 0 Å². The fraction of sp³-hybridized carbons (Fsp3) is 0.167. The Bertz CT molecular complexity index is 601. The van der Waals surface area contributed by atoms with Gasteiger partial charge in [-0.3, -0.25) is 10.1 Å². The predicted molar refractivity (Wildman–Crippen MR) is 82.8 cm³/mol. The second-order valence-electron chi connectivity index (χ2n) is 3.69. The molecule has 2 aromatic rings. The predicted octanol–water partition coefficient (Wildman–Crippen LogP) is 3.99. The third-order valence-corrected chi connectivity index (χ3v) is 4.06. The van der Waals surface area contributed by atoms with Crippen LogP contribution in [0.15, 0.2) is 33.3 Å². The Labute approximate surface area is 131 Å². The molecular formula is C12H10Br2N2O2S. The summed E-state index contributed by atoms with van der Waals surface area (Å²) >= 11 is 8.15. The highest BCUT2D eigenvalue weighted by molar-refractivity contribution is 9.11. The van der Waals surface area contributed by atoms with Crippen LogP contribution in [0.1, 0.15) is 4.88 Å². The summed E-state index contributed by atoms with van der Waals surface area (Å²) in [5.41, 5.74) is 0. The molecule has 2 rings (SSSR count). The van der Waals surface area contributed by atoms with Crippen LogP contribution in [0, 0.1) is 6.92 Å². The van der Waals surface area contributed by atoms with E-state index in [0.717, 1.165) is 13.8 Å². The van der Waals surface area contributed by atoms with E-state index >= 15 is 0 Å². The molecule has 0 spiro atoms. The van der Waals surface area contributed by atoms with Crippen molar-refractivity contribution in [1.82, 2.24) is 4.98 Å². The number of amides is 1. The molecule has 1 aromatic carbocycles. The van der Waals surface area contributed by atoms with Gasteiger partial charge in [0.1, 0.15) is 5.75 Å². The summed E-state index contributed by atoms with van der Waals surface area (Å²) in [7, 11) is 0. The molecule has 19 heavy (non-hydrogen) atoms. The lowest BCUT2D eigenvalue weighted by Crippen LogP contribution is -2.20. The molecule has 0 unspecified atom stereocenters. The van der Waals surface area contributed by atoms with E-state index in [4.69, 9.17) is 4.74 Å². The SMILES string of the molecule is Cc1cnc(NC(=O)COc2ccc(Br)cc2Br)s1. The van der Waals surface area contributed by atoms with E-state index in [2.05, 4.69) is 42.2 Å². The van der Waals surface area contributed by atoms with Gasteiger partial charge in [0.15, 0.2) is 11.7 Å². The number of hydrogen-bond acceptors (Lipinski definition) is 4. The zero-order valence-electron chi connectivity index (χ0n) is 9.94. The van der Waals surface area contributed by atoms with Crippen molar-refractivity contribution in [3.63, 3.8) is 0 Å². The number of nitrogens with zero attached hydrogens (tertiary/aromatic N) is 1. The largest absolute Gasteiger partial charge is 0.483 e. The number of aryl methyl sites for hydroxylation is 1. The third-order valence-electron chi connectivity index (χ3n) is 2.12. The summed E-state index contributed by atoms with van der Waals surface area (Å²) in [6, 6.07) is 5.49. The minimum atomic E-state index is -0.232. The van der Waals surface area contributed by atoms with Crippen LogP contribution in [0.3, 0.4) is 0 Å². The molecular weight excluding hydrogens is 396 g/mol. The van der Waals surface area contributed by atoms with Crippen molar-refractivity contribution in [1.29, 1.82) is 0 Å². The topological polar surface area (TPSA) is 51.2 Å². The zero-order chi connectivity index (χ0) is 13.8. The van der Waals surface area contributed by atoms with Gasteiger partial charge in [0.05, 0.1) is 4.47 Å². The maximum atomic E-state index is 11.7. The first-order chi connectivity index (χ1) is 9.04. The van der Waals surface area contributed by atoms with Gasteiger partial charge in [-0.1, -0.05) is 15.9 Å². The number of carbonyl (C=O) groups excluding carboxylic acids is 1. The molecule has 1 aromatic heterocycles. The van der Waals surface area contributed by atoms with Crippen LogP contribution in [0.4, 0.5) is 5.13 Å². The van der Waals surface area contributed by atoms with Crippen molar-refractivity contribution >= 4 is 54.2 Å². The zero-order valence-corrected chi connectivity index (χ0v) is 13.9. The summed E-state index contributed by atoms with van der Waals surface area (Å²) in [6.45, 7) is 1.88. The summed E-state index contributed by atoms with van der Waals surface area (Å²) < 4.78 is 7.16. The average Bonchev–Trinajstić information content (AvgIpc) is 2.73. The minimum absolute atomic E-state index is 0.0567. The van der Waals surface area contributed by atoms with Crippen molar-refractivity contribution in [3.8, 4) is 5.75 Å². The second kappa shape index (κ2) is 6.49. The van der Waals surface area contributed by atoms with E-state index in [0.29, 0.717) is 10.9 Å². The second-order valence-corrected chi connectivity index (χ2v) is 6.69. The van der Waals surface area contributed by atoms with Crippen LogP contribution in [0.25, 0.3) is 0 Å². The lowest BCUT2D eigenvalue weighted by molar-refractivity contribution is -0.118. The highest BCUT2D eigenvalue weighted by Gasteiger charge is 2.08. The minimum Gasteiger partial charge on any atom is -0.483 e. The molecule has 100 valence electrons. The molecule has 0 atom stereocenters. The van der Waals surface area contributed by atoms with Gasteiger partial charge in [-0.05, 0) is 41.1 Å². The van der Waals surface area contributed by atoms with E-state index < -0.39 is 0 Å². The van der Waals surface area contributed by atoms with Crippen LogP contribution >= 0.6 is 43.2 Å². The summed E-state index contributed by atoms with van der Waals surface area (Å²) in [4.78, 5) is 16.8. The van der Waals surface area contributed by atoms with E-state index in [-0.39, 0.29) is 12.5 Å². The monoisotopic (exact) mass is 404 g/mol. The summed E-state index contributed by atoms with van der Waals surface area (Å²) in [5, 5.41) is 3.27. The maximum absolute atomic E-state index is 11.7. The first-order valence-electron chi connectivity index (χ1n) is 5.35. The molecule has 7 heteroatoms. The number of anilines is 1. The number of hydrogen-bond donors (Lipinski definition) is 1. The number of nitrogens with one attached hydrogen (secondary N) is 1. The average molecular weight is 406 g/mol. The lowest BCUT2D eigenvalue weighted by Gasteiger charge is -2.07. The molecule has 0 aliphatic heterocycles. The van der Waals surface area contributed by atoms with Gasteiger partial charge in [-0.2, -0.15) is 0 Å². The fourth-order valence-corrected chi connectivity index (χ4v) is 3.15. The van der Waals surface area contributed by atoms with Gasteiger partial charge in [0.2, 0.25) is 0 Å². The third kappa shape index (κ3) is 4.29. The van der Waals surface area contributed by atoms with Gasteiger partial charge >= 0.3 is 0 Å². The molecule has 0 saturated heterocycles. The number of rotatable bonds is 4. The molecule has 4 nitrogen and oxygen atoms in total. The molecule has 0 saturated carbocycles. The van der Waals surface area contributed by atoms with Crippen LogP contribution in [-0.4, -0.2) is 17.5 Å². The van der Waals surface area contributed by atoms with E-state index in [1.54, 1.807) is 12.3 Å². The normalized spacial score (nSPS) is 10.3. The van der Waals surface area contributed by atoms with Gasteiger partial charge in [0.25, 0.3) is 5.91 Å². The highest BCUT2D eigenvalue weighted by atomic mass is 79.9. The lowest BCUT2D eigenvalue weighted by atomic mass is 10.3. The first-order valence-corrected chi connectivity index (χ1v) is 7.75. The van der Waals surface area contributed by atoms with Crippen LogP contribution in [-0.2, 0) is 4.79 Å². The molecule has 0 bridgehead atoms. The van der Waals surface area contributed by atoms with Gasteiger partial charge in [-0.25, -0.2) is 4.98 Å². The standard InChI is InChI=1S/C12H10Br2N2O2S/c1-7-5-15-12(19-7)16-11(17)6-18-10-3-2-8(13)4-9(10)14/h2-5H,6H2,1H3,(H,15,16,17). The molecule has 0 aliphatic carbocycles. The van der Waals surface area contributed by atoms with Crippen molar-refractivity contribution < 1.29 is 9.53 Å². The Morgan fingerprint density at radius 2 is 2.26 bits per heavy atom. The Hall–Kier alpha value is -0.920. The molecule has 1 heterocycles. The molecule has 1 N–H and O–H groups in total. The van der Waals surface area contributed by atoms with Gasteiger partial charge < -0.3 is 4.74 Å². The Kier molecular flexibility index (Phi) is 4.95. The number of halogens is 2. The molecule has 0 aliphatic rings. The van der Waals surface area contributed by atoms with Crippen LogP contribution in [0.5, 0.6) is 5.75 Å². The van der Waals surface area contributed by atoms with Crippen molar-refractivity contribution in [3.05, 3.63) is 38.2 Å². The van der Waals surface area contributed by atoms with Gasteiger partial charge in [-0.15, -0.1) is 11.3 Å².